The molecule has 5 heteroatoms. The molecular weight excluding hydrogens is 252 g/mol. The lowest BCUT2D eigenvalue weighted by Gasteiger charge is -2.18. The highest BCUT2D eigenvalue weighted by molar-refractivity contribution is 5.54. The van der Waals surface area contributed by atoms with Crippen molar-refractivity contribution in [2.45, 2.75) is 32.6 Å². The van der Waals surface area contributed by atoms with Crippen molar-refractivity contribution in [2.24, 2.45) is 5.11 Å². The summed E-state index contributed by atoms with van der Waals surface area (Å²) in [5.74, 6) is 0.599. The standard InChI is InChI=1S/C15H18N4O/c1-15(2,3)12-6-4-11(5-7-12)14-18-13(10-20-14)8-9-17-19-16/h4-7,10H,8-9H2,1-3H3. The molecule has 104 valence electrons. The van der Waals surface area contributed by atoms with Gasteiger partial charge < -0.3 is 4.42 Å². The molecule has 1 heterocycles. The Balaban J connectivity index is 2.14. The maximum absolute atomic E-state index is 8.23. The monoisotopic (exact) mass is 270 g/mol. The molecule has 0 aliphatic rings. The molecule has 1 aromatic heterocycles. The Labute approximate surface area is 118 Å². The third-order valence-electron chi connectivity index (χ3n) is 3.08. The fourth-order valence-electron chi connectivity index (χ4n) is 1.88. The van der Waals surface area contributed by atoms with Gasteiger partial charge in [0.1, 0.15) is 6.26 Å². The molecule has 2 rings (SSSR count). The average molecular weight is 270 g/mol. The van der Waals surface area contributed by atoms with Crippen LogP contribution in [0.3, 0.4) is 0 Å². The molecule has 2 aromatic rings. The van der Waals surface area contributed by atoms with Gasteiger partial charge >= 0.3 is 0 Å². The molecule has 0 bridgehead atoms. The van der Waals surface area contributed by atoms with Crippen LogP contribution in [0.15, 0.2) is 40.1 Å². The van der Waals surface area contributed by atoms with Gasteiger partial charge in [0.15, 0.2) is 0 Å². The minimum absolute atomic E-state index is 0.135. The van der Waals surface area contributed by atoms with E-state index >= 15 is 0 Å². The van der Waals surface area contributed by atoms with E-state index in [2.05, 4.69) is 47.9 Å². The van der Waals surface area contributed by atoms with Crippen molar-refractivity contribution in [2.75, 3.05) is 6.54 Å². The number of benzene rings is 1. The Morgan fingerprint density at radius 3 is 2.55 bits per heavy atom. The molecule has 0 fully saturated rings. The van der Waals surface area contributed by atoms with Gasteiger partial charge in [-0.2, -0.15) is 0 Å². The number of oxazole rings is 1. The summed E-state index contributed by atoms with van der Waals surface area (Å²) < 4.78 is 5.46. The third kappa shape index (κ3) is 3.39. The number of nitrogens with zero attached hydrogens (tertiary/aromatic N) is 4. The first-order valence-electron chi connectivity index (χ1n) is 6.57. The van der Waals surface area contributed by atoms with E-state index in [1.165, 1.54) is 5.56 Å². The Hall–Kier alpha value is -2.26. The highest BCUT2D eigenvalue weighted by Crippen LogP contribution is 2.25. The second-order valence-corrected chi connectivity index (χ2v) is 5.68. The number of hydrogen-bond acceptors (Lipinski definition) is 3. The van der Waals surface area contributed by atoms with E-state index in [0.29, 0.717) is 18.9 Å². The summed E-state index contributed by atoms with van der Waals surface area (Å²) in [6.07, 6.45) is 2.20. The molecule has 20 heavy (non-hydrogen) atoms. The van der Waals surface area contributed by atoms with Gasteiger partial charge in [-0.1, -0.05) is 38.0 Å². The zero-order valence-corrected chi connectivity index (χ0v) is 12.0. The van der Waals surface area contributed by atoms with E-state index in [1.807, 2.05) is 12.1 Å². The van der Waals surface area contributed by atoms with Gasteiger partial charge in [-0.15, -0.1) is 0 Å². The van der Waals surface area contributed by atoms with Crippen molar-refractivity contribution in [1.29, 1.82) is 0 Å². The lowest BCUT2D eigenvalue weighted by molar-refractivity contribution is 0.571. The maximum atomic E-state index is 8.23. The molecule has 1 aromatic carbocycles. The molecule has 0 spiro atoms. The summed E-state index contributed by atoms with van der Waals surface area (Å²) in [4.78, 5) is 7.11. The summed E-state index contributed by atoms with van der Waals surface area (Å²) in [7, 11) is 0. The Kier molecular flexibility index (Phi) is 4.11. The third-order valence-corrected chi connectivity index (χ3v) is 3.08. The summed E-state index contributed by atoms with van der Waals surface area (Å²) in [6.45, 7) is 6.94. The number of azide groups is 1. The van der Waals surface area contributed by atoms with Crippen molar-refractivity contribution < 1.29 is 4.42 Å². The smallest absolute Gasteiger partial charge is 0.226 e. The van der Waals surface area contributed by atoms with Crippen molar-refractivity contribution in [1.82, 2.24) is 4.98 Å². The van der Waals surface area contributed by atoms with Crippen molar-refractivity contribution in [3.8, 4) is 11.5 Å². The molecule has 0 unspecified atom stereocenters. The predicted octanol–water partition coefficient (Wildman–Crippen LogP) is 4.49. The van der Waals surface area contributed by atoms with Gasteiger partial charge in [-0.25, -0.2) is 4.98 Å². The zero-order valence-electron chi connectivity index (χ0n) is 12.0. The summed E-state index contributed by atoms with van der Waals surface area (Å²) in [6, 6.07) is 8.23. The molecule has 0 saturated carbocycles. The minimum atomic E-state index is 0.135. The van der Waals surface area contributed by atoms with Crippen LogP contribution in [-0.2, 0) is 11.8 Å². The number of hydrogen-bond donors (Lipinski definition) is 0. The average Bonchev–Trinajstić information content (AvgIpc) is 2.87. The highest BCUT2D eigenvalue weighted by Gasteiger charge is 2.14. The van der Waals surface area contributed by atoms with Crippen molar-refractivity contribution in [3.63, 3.8) is 0 Å². The Morgan fingerprint density at radius 1 is 1.25 bits per heavy atom. The Morgan fingerprint density at radius 2 is 1.95 bits per heavy atom. The van der Waals surface area contributed by atoms with Gasteiger partial charge in [0, 0.05) is 17.0 Å². The first kappa shape index (κ1) is 14.2. The van der Waals surface area contributed by atoms with Crippen LogP contribution >= 0.6 is 0 Å². The topological polar surface area (TPSA) is 74.8 Å². The summed E-state index contributed by atoms with van der Waals surface area (Å²) in [5.41, 5.74) is 11.4. The van der Waals surface area contributed by atoms with Gasteiger partial charge in [-0.3, -0.25) is 0 Å². The van der Waals surface area contributed by atoms with E-state index in [0.717, 1.165) is 11.3 Å². The van der Waals surface area contributed by atoms with Crippen molar-refractivity contribution in [3.05, 3.63) is 52.2 Å². The van der Waals surface area contributed by atoms with Crippen LogP contribution in [0, 0.1) is 0 Å². The van der Waals surface area contributed by atoms with E-state index in [4.69, 9.17) is 9.95 Å². The molecule has 0 radical (unpaired) electrons. The lowest BCUT2D eigenvalue weighted by Crippen LogP contribution is -2.10. The van der Waals surface area contributed by atoms with Crippen LogP contribution in [0.4, 0.5) is 0 Å². The summed E-state index contributed by atoms with van der Waals surface area (Å²) in [5, 5.41) is 3.49. The second-order valence-electron chi connectivity index (χ2n) is 5.68. The lowest BCUT2D eigenvalue weighted by atomic mass is 9.87. The van der Waals surface area contributed by atoms with Crippen LogP contribution in [0.1, 0.15) is 32.0 Å². The number of rotatable bonds is 4. The van der Waals surface area contributed by atoms with E-state index < -0.39 is 0 Å². The second kappa shape index (κ2) is 5.80. The first-order valence-corrected chi connectivity index (χ1v) is 6.57. The molecule has 0 aliphatic carbocycles. The van der Waals surface area contributed by atoms with Crippen LogP contribution in [0.2, 0.25) is 0 Å². The largest absolute Gasteiger partial charge is 0.444 e. The summed E-state index contributed by atoms with van der Waals surface area (Å²) >= 11 is 0. The van der Waals surface area contributed by atoms with Crippen LogP contribution in [-0.4, -0.2) is 11.5 Å². The molecule has 0 atom stereocenters. The molecule has 0 aliphatic heterocycles. The highest BCUT2D eigenvalue weighted by atomic mass is 16.3. The van der Waals surface area contributed by atoms with Crippen LogP contribution in [0.25, 0.3) is 21.9 Å². The number of aromatic nitrogens is 1. The van der Waals surface area contributed by atoms with Gasteiger partial charge in [0.2, 0.25) is 5.89 Å². The molecule has 0 saturated heterocycles. The molecule has 0 N–H and O–H groups in total. The van der Waals surface area contributed by atoms with Gasteiger partial charge in [-0.05, 0) is 35.1 Å². The van der Waals surface area contributed by atoms with Gasteiger partial charge in [0.05, 0.1) is 5.69 Å². The molecule has 0 amide bonds. The fraction of sp³-hybridized carbons (Fsp3) is 0.400. The van der Waals surface area contributed by atoms with E-state index in [9.17, 15) is 0 Å². The SMILES string of the molecule is CC(C)(C)c1ccc(-c2nc(CCN=[N+]=[N-])co2)cc1. The van der Waals surface area contributed by atoms with Gasteiger partial charge in [0.25, 0.3) is 0 Å². The van der Waals surface area contributed by atoms with Crippen LogP contribution < -0.4 is 0 Å². The Bertz CT molecular complexity index is 616. The minimum Gasteiger partial charge on any atom is -0.444 e. The normalized spacial score (nSPS) is 11.2. The van der Waals surface area contributed by atoms with Crippen LogP contribution in [0.5, 0.6) is 0 Å². The first-order chi connectivity index (χ1) is 9.50. The predicted molar refractivity (Wildman–Crippen MR) is 78.4 cm³/mol. The fourth-order valence-corrected chi connectivity index (χ4v) is 1.88. The van der Waals surface area contributed by atoms with Crippen molar-refractivity contribution >= 4 is 0 Å². The van der Waals surface area contributed by atoms with E-state index in [-0.39, 0.29) is 5.41 Å². The molecule has 5 nitrogen and oxygen atoms in total. The maximum Gasteiger partial charge on any atom is 0.226 e. The quantitative estimate of drug-likeness (QED) is 0.466. The zero-order chi connectivity index (χ0) is 14.6. The van der Waals surface area contributed by atoms with E-state index in [1.54, 1.807) is 6.26 Å². The molecular formula is C15H18N4O.